The summed E-state index contributed by atoms with van der Waals surface area (Å²) in [6.45, 7) is 0. The Balaban J connectivity index is 1.36. The molecule has 7 aromatic rings. The SMILES string of the molecule is Brc1cccc2c1oc1c(-c3ccc(C4(c5ccccc5)c5ccccc5-c5ccccc54)cc3)cccc12. The highest BCUT2D eigenvalue weighted by Crippen LogP contribution is 2.56. The fourth-order valence-electron chi connectivity index (χ4n) is 6.62. The Bertz CT molecular complexity index is 1970. The second-order valence-corrected chi connectivity index (χ2v) is 11.0. The highest BCUT2D eigenvalue weighted by atomic mass is 79.9. The van der Waals surface area contributed by atoms with Gasteiger partial charge in [0.05, 0.1) is 9.89 Å². The normalized spacial score (nSPS) is 13.5. The van der Waals surface area contributed by atoms with Gasteiger partial charge in [0.1, 0.15) is 11.2 Å². The predicted octanol–water partition coefficient (Wildman–Crippen LogP) is 10.4. The topological polar surface area (TPSA) is 13.1 Å². The molecule has 184 valence electrons. The molecule has 0 atom stereocenters. The molecule has 0 spiro atoms. The zero-order valence-corrected chi connectivity index (χ0v) is 22.7. The largest absolute Gasteiger partial charge is 0.454 e. The van der Waals surface area contributed by atoms with Crippen LogP contribution in [0.2, 0.25) is 0 Å². The summed E-state index contributed by atoms with van der Waals surface area (Å²) in [6.07, 6.45) is 0. The average molecular weight is 563 g/mol. The van der Waals surface area contributed by atoms with E-state index in [1.54, 1.807) is 0 Å². The molecule has 0 saturated heterocycles. The molecule has 0 aliphatic heterocycles. The van der Waals surface area contributed by atoms with Crippen LogP contribution in [0.15, 0.2) is 148 Å². The summed E-state index contributed by atoms with van der Waals surface area (Å²) in [5.74, 6) is 0. The van der Waals surface area contributed by atoms with Crippen LogP contribution in [0.1, 0.15) is 22.3 Å². The molecule has 1 nitrogen and oxygen atoms in total. The Labute approximate surface area is 235 Å². The standard InChI is InChI=1S/C37H23BrO/c38-34-19-9-16-31-30-15-8-14-27(35(30)39-36(31)34)24-20-22-26(23-21-24)37(25-10-2-1-3-11-25)32-17-6-4-12-28(32)29-13-5-7-18-33(29)37/h1-23H. The molecular weight excluding hydrogens is 540 g/mol. The highest BCUT2D eigenvalue weighted by Gasteiger charge is 2.45. The third-order valence-electron chi connectivity index (χ3n) is 8.26. The Hall–Kier alpha value is -4.40. The van der Waals surface area contributed by atoms with Gasteiger partial charge in [-0.25, -0.2) is 0 Å². The van der Waals surface area contributed by atoms with Crippen LogP contribution in [0, 0.1) is 0 Å². The molecule has 8 rings (SSSR count). The van der Waals surface area contributed by atoms with Gasteiger partial charge in [-0.2, -0.15) is 0 Å². The zero-order valence-electron chi connectivity index (χ0n) is 21.1. The molecular formula is C37H23BrO. The smallest absolute Gasteiger partial charge is 0.149 e. The molecule has 0 amide bonds. The Morgan fingerprint density at radius 3 is 1.67 bits per heavy atom. The molecule has 0 bridgehead atoms. The molecule has 0 N–H and O–H groups in total. The maximum Gasteiger partial charge on any atom is 0.149 e. The molecule has 0 unspecified atom stereocenters. The average Bonchev–Trinajstić information content (AvgIpc) is 3.53. The zero-order chi connectivity index (χ0) is 26.0. The van der Waals surface area contributed by atoms with E-state index in [1.807, 2.05) is 6.07 Å². The quantitative estimate of drug-likeness (QED) is 0.208. The Kier molecular flexibility index (Phi) is 4.95. The molecule has 1 aliphatic carbocycles. The van der Waals surface area contributed by atoms with Gasteiger partial charge in [0.15, 0.2) is 0 Å². The van der Waals surface area contributed by atoms with Crippen LogP contribution in [0.3, 0.4) is 0 Å². The molecule has 6 aromatic carbocycles. The fraction of sp³-hybridized carbons (Fsp3) is 0.0270. The van der Waals surface area contributed by atoms with Crippen LogP contribution < -0.4 is 0 Å². The first-order valence-corrected chi connectivity index (χ1v) is 14.0. The van der Waals surface area contributed by atoms with Crippen molar-refractivity contribution in [3.8, 4) is 22.3 Å². The van der Waals surface area contributed by atoms with Crippen molar-refractivity contribution in [2.24, 2.45) is 0 Å². The van der Waals surface area contributed by atoms with Crippen molar-refractivity contribution < 1.29 is 4.42 Å². The van der Waals surface area contributed by atoms with E-state index in [0.717, 1.165) is 37.5 Å². The summed E-state index contributed by atoms with van der Waals surface area (Å²) < 4.78 is 7.41. The summed E-state index contributed by atoms with van der Waals surface area (Å²) >= 11 is 3.66. The molecule has 1 heterocycles. The number of rotatable bonds is 3. The Morgan fingerprint density at radius 2 is 0.974 bits per heavy atom. The predicted molar refractivity (Wildman–Crippen MR) is 164 cm³/mol. The van der Waals surface area contributed by atoms with Crippen LogP contribution in [0.25, 0.3) is 44.2 Å². The van der Waals surface area contributed by atoms with Crippen LogP contribution in [-0.4, -0.2) is 0 Å². The number of benzene rings is 6. The number of furan rings is 1. The van der Waals surface area contributed by atoms with Gasteiger partial charge in [0.25, 0.3) is 0 Å². The van der Waals surface area contributed by atoms with Gasteiger partial charge in [-0.1, -0.05) is 133 Å². The maximum absolute atomic E-state index is 6.43. The van der Waals surface area contributed by atoms with Crippen LogP contribution in [-0.2, 0) is 5.41 Å². The van der Waals surface area contributed by atoms with Crippen LogP contribution in [0.5, 0.6) is 0 Å². The first-order chi connectivity index (χ1) is 19.3. The summed E-state index contributed by atoms with van der Waals surface area (Å²) in [7, 11) is 0. The van der Waals surface area contributed by atoms with Crippen molar-refractivity contribution in [3.05, 3.63) is 166 Å². The molecule has 0 saturated carbocycles. The van der Waals surface area contributed by atoms with Gasteiger partial charge in [-0.3, -0.25) is 0 Å². The van der Waals surface area contributed by atoms with Crippen molar-refractivity contribution >= 4 is 37.9 Å². The molecule has 0 radical (unpaired) electrons. The monoisotopic (exact) mass is 562 g/mol. The third kappa shape index (κ3) is 3.13. The molecule has 2 heteroatoms. The maximum atomic E-state index is 6.43. The van der Waals surface area contributed by atoms with E-state index >= 15 is 0 Å². The van der Waals surface area contributed by atoms with E-state index in [2.05, 4.69) is 149 Å². The number of halogens is 1. The second kappa shape index (κ2) is 8.56. The third-order valence-corrected chi connectivity index (χ3v) is 8.89. The highest BCUT2D eigenvalue weighted by molar-refractivity contribution is 9.10. The summed E-state index contributed by atoms with van der Waals surface area (Å²) in [6, 6.07) is 50.4. The van der Waals surface area contributed by atoms with E-state index in [1.165, 1.54) is 33.4 Å². The number of fused-ring (bicyclic) bond motifs is 6. The second-order valence-electron chi connectivity index (χ2n) is 10.2. The van der Waals surface area contributed by atoms with Gasteiger partial charge >= 0.3 is 0 Å². The van der Waals surface area contributed by atoms with Crippen LogP contribution >= 0.6 is 15.9 Å². The van der Waals surface area contributed by atoms with Gasteiger partial charge in [0, 0.05) is 16.3 Å². The minimum absolute atomic E-state index is 0.386. The van der Waals surface area contributed by atoms with Gasteiger partial charge < -0.3 is 4.42 Å². The van der Waals surface area contributed by atoms with Crippen molar-refractivity contribution in [1.82, 2.24) is 0 Å². The van der Waals surface area contributed by atoms with E-state index < -0.39 is 0 Å². The molecule has 1 aliphatic rings. The number of hydrogen-bond acceptors (Lipinski definition) is 1. The lowest BCUT2D eigenvalue weighted by Gasteiger charge is -2.34. The number of hydrogen-bond donors (Lipinski definition) is 0. The van der Waals surface area contributed by atoms with Gasteiger partial charge in [-0.15, -0.1) is 0 Å². The molecule has 1 aromatic heterocycles. The lowest BCUT2D eigenvalue weighted by atomic mass is 9.67. The van der Waals surface area contributed by atoms with Gasteiger partial charge in [-0.05, 0) is 60.9 Å². The van der Waals surface area contributed by atoms with Crippen molar-refractivity contribution in [2.75, 3.05) is 0 Å². The summed E-state index contributed by atoms with van der Waals surface area (Å²) in [4.78, 5) is 0. The van der Waals surface area contributed by atoms with E-state index in [9.17, 15) is 0 Å². The Morgan fingerprint density at radius 1 is 0.436 bits per heavy atom. The van der Waals surface area contributed by atoms with E-state index in [-0.39, 0.29) is 5.41 Å². The lowest BCUT2D eigenvalue weighted by Crippen LogP contribution is -2.28. The first kappa shape index (κ1) is 22.6. The van der Waals surface area contributed by atoms with Crippen molar-refractivity contribution in [2.45, 2.75) is 5.41 Å². The van der Waals surface area contributed by atoms with E-state index in [0.29, 0.717) is 0 Å². The number of para-hydroxylation sites is 2. The first-order valence-electron chi connectivity index (χ1n) is 13.2. The van der Waals surface area contributed by atoms with Gasteiger partial charge in [0.2, 0.25) is 0 Å². The molecule has 0 fully saturated rings. The summed E-state index contributed by atoms with van der Waals surface area (Å²) in [5.41, 5.74) is 11.5. The summed E-state index contributed by atoms with van der Waals surface area (Å²) in [5, 5.41) is 2.26. The minimum atomic E-state index is -0.386. The fourth-order valence-corrected chi connectivity index (χ4v) is 7.07. The molecule has 39 heavy (non-hydrogen) atoms. The lowest BCUT2D eigenvalue weighted by molar-refractivity contribution is 0.668. The van der Waals surface area contributed by atoms with Crippen molar-refractivity contribution in [3.63, 3.8) is 0 Å². The van der Waals surface area contributed by atoms with E-state index in [4.69, 9.17) is 4.42 Å². The van der Waals surface area contributed by atoms with Crippen LogP contribution in [0.4, 0.5) is 0 Å². The minimum Gasteiger partial charge on any atom is -0.454 e. The van der Waals surface area contributed by atoms with Crippen molar-refractivity contribution in [1.29, 1.82) is 0 Å².